The number of carbonyl (C=O) groups is 2. The van der Waals surface area contributed by atoms with Gasteiger partial charge in [-0.15, -0.1) is 0 Å². The first-order valence-electron chi connectivity index (χ1n) is 9.21. The second kappa shape index (κ2) is 9.00. The van der Waals surface area contributed by atoms with Crippen LogP contribution in [0.4, 0.5) is 14.5 Å². The highest BCUT2D eigenvalue weighted by Gasteiger charge is 2.30. The summed E-state index contributed by atoms with van der Waals surface area (Å²) in [6, 6.07) is 8.28. The molecule has 2 amide bonds. The maximum absolute atomic E-state index is 13.6. The first-order valence-corrected chi connectivity index (χ1v) is 9.21. The molecule has 0 bridgehead atoms. The van der Waals surface area contributed by atoms with Crippen molar-refractivity contribution in [3.63, 3.8) is 0 Å². The number of hydrogen-bond acceptors (Lipinski definition) is 4. The van der Waals surface area contributed by atoms with Gasteiger partial charge in [0, 0.05) is 37.5 Å². The molecule has 0 fully saturated rings. The lowest BCUT2D eigenvalue weighted by Gasteiger charge is -2.23. The van der Waals surface area contributed by atoms with Crippen LogP contribution in [-0.2, 0) is 27.4 Å². The SMILES string of the molecule is CCC1Oc2ccc(NC(=O)COC)cc2CN(Cc2cc(F)cc(F)c2)C1=O. The van der Waals surface area contributed by atoms with E-state index in [1.807, 2.05) is 6.92 Å². The smallest absolute Gasteiger partial charge is 0.264 e. The summed E-state index contributed by atoms with van der Waals surface area (Å²) in [5.74, 6) is -1.44. The standard InChI is InChI=1S/C21H22F2N2O4/c1-3-18-21(27)25(10-13-6-15(22)9-16(23)7-13)11-14-8-17(4-5-19(14)29-18)24-20(26)12-28-2/h4-9,18H,3,10-12H2,1-2H3,(H,24,26). The third-order valence-electron chi connectivity index (χ3n) is 4.50. The Morgan fingerprint density at radius 2 is 1.97 bits per heavy atom. The van der Waals surface area contributed by atoms with E-state index in [-0.39, 0.29) is 31.5 Å². The molecule has 0 saturated carbocycles. The average Bonchev–Trinajstić information content (AvgIpc) is 2.78. The van der Waals surface area contributed by atoms with E-state index in [9.17, 15) is 18.4 Å². The molecule has 2 aromatic rings. The van der Waals surface area contributed by atoms with Gasteiger partial charge in [0.1, 0.15) is 24.0 Å². The maximum Gasteiger partial charge on any atom is 0.264 e. The predicted molar refractivity (Wildman–Crippen MR) is 102 cm³/mol. The molecule has 0 saturated heterocycles. The largest absolute Gasteiger partial charge is 0.480 e. The summed E-state index contributed by atoms with van der Waals surface area (Å²) in [5.41, 5.74) is 1.56. The first kappa shape index (κ1) is 20.7. The Labute approximate surface area is 167 Å². The zero-order valence-electron chi connectivity index (χ0n) is 16.2. The summed E-state index contributed by atoms with van der Waals surface area (Å²) in [6.45, 7) is 1.96. The number of benzene rings is 2. The second-order valence-electron chi connectivity index (χ2n) is 6.79. The molecule has 29 heavy (non-hydrogen) atoms. The molecule has 1 heterocycles. The molecular formula is C21H22F2N2O4. The number of hydrogen-bond donors (Lipinski definition) is 1. The molecule has 0 radical (unpaired) electrons. The first-order chi connectivity index (χ1) is 13.9. The monoisotopic (exact) mass is 404 g/mol. The van der Waals surface area contributed by atoms with Crippen molar-refractivity contribution in [2.24, 2.45) is 0 Å². The lowest BCUT2D eigenvalue weighted by Crippen LogP contribution is -2.38. The Morgan fingerprint density at radius 3 is 2.62 bits per heavy atom. The van der Waals surface area contributed by atoms with Crippen LogP contribution in [0.25, 0.3) is 0 Å². The van der Waals surface area contributed by atoms with Crippen LogP contribution in [0.15, 0.2) is 36.4 Å². The molecule has 0 aliphatic carbocycles. The van der Waals surface area contributed by atoms with Gasteiger partial charge in [0.25, 0.3) is 5.91 Å². The zero-order chi connectivity index (χ0) is 21.0. The molecule has 1 atom stereocenters. The van der Waals surface area contributed by atoms with Gasteiger partial charge < -0.3 is 19.7 Å². The molecule has 1 N–H and O–H groups in total. The number of ether oxygens (including phenoxy) is 2. The fourth-order valence-corrected chi connectivity index (χ4v) is 3.23. The highest BCUT2D eigenvalue weighted by atomic mass is 19.1. The van der Waals surface area contributed by atoms with Crippen LogP contribution in [0.2, 0.25) is 0 Å². The summed E-state index contributed by atoms with van der Waals surface area (Å²) in [4.78, 5) is 26.2. The van der Waals surface area contributed by atoms with E-state index in [0.717, 1.165) is 6.07 Å². The van der Waals surface area contributed by atoms with Crippen LogP contribution in [0, 0.1) is 11.6 Å². The van der Waals surface area contributed by atoms with Gasteiger partial charge >= 0.3 is 0 Å². The van der Waals surface area contributed by atoms with Crippen molar-refractivity contribution in [1.82, 2.24) is 4.90 Å². The summed E-state index contributed by atoms with van der Waals surface area (Å²) < 4.78 is 37.8. The van der Waals surface area contributed by atoms with Gasteiger partial charge in [0.05, 0.1) is 0 Å². The number of fused-ring (bicyclic) bond motifs is 1. The Morgan fingerprint density at radius 1 is 1.24 bits per heavy atom. The highest BCUT2D eigenvalue weighted by Crippen LogP contribution is 2.30. The molecule has 1 aliphatic heterocycles. The molecule has 0 spiro atoms. The summed E-state index contributed by atoms with van der Waals surface area (Å²) in [6.07, 6.45) is -0.262. The summed E-state index contributed by atoms with van der Waals surface area (Å²) >= 11 is 0. The lowest BCUT2D eigenvalue weighted by molar-refractivity contribution is -0.139. The van der Waals surface area contributed by atoms with Crippen molar-refractivity contribution in [3.05, 3.63) is 59.2 Å². The normalized spacial score (nSPS) is 16.1. The van der Waals surface area contributed by atoms with Gasteiger partial charge in [-0.3, -0.25) is 9.59 Å². The van der Waals surface area contributed by atoms with Crippen LogP contribution in [0.1, 0.15) is 24.5 Å². The lowest BCUT2D eigenvalue weighted by atomic mass is 10.1. The van der Waals surface area contributed by atoms with E-state index in [0.29, 0.717) is 29.0 Å². The molecule has 8 heteroatoms. The van der Waals surface area contributed by atoms with E-state index in [1.54, 1.807) is 18.2 Å². The van der Waals surface area contributed by atoms with Crippen LogP contribution >= 0.6 is 0 Å². The zero-order valence-corrected chi connectivity index (χ0v) is 16.2. The molecule has 6 nitrogen and oxygen atoms in total. The Kier molecular flexibility index (Phi) is 6.43. The van der Waals surface area contributed by atoms with Gasteiger partial charge in [-0.25, -0.2) is 8.78 Å². The number of methoxy groups -OCH3 is 1. The third kappa shape index (κ3) is 5.08. The Balaban J connectivity index is 1.89. The topological polar surface area (TPSA) is 67.9 Å². The third-order valence-corrected chi connectivity index (χ3v) is 4.50. The molecule has 0 aromatic heterocycles. The minimum atomic E-state index is -0.705. The highest BCUT2D eigenvalue weighted by molar-refractivity contribution is 5.92. The van der Waals surface area contributed by atoms with Crippen LogP contribution < -0.4 is 10.1 Å². The van der Waals surface area contributed by atoms with Crippen molar-refractivity contribution in [2.45, 2.75) is 32.5 Å². The van der Waals surface area contributed by atoms with E-state index in [1.165, 1.54) is 24.1 Å². The molecule has 2 aromatic carbocycles. The van der Waals surface area contributed by atoms with Crippen molar-refractivity contribution in [2.75, 3.05) is 19.0 Å². The van der Waals surface area contributed by atoms with Gasteiger partial charge in [-0.2, -0.15) is 0 Å². The van der Waals surface area contributed by atoms with Gasteiger partial charge in [-0.05, 0) is 42.3 Å². The number of carbonyl (C=O) groups excluding carboxylic acids is 2. The van der Waals surface area contributed by atoms with Crippen LogP contribution in [0.5, 0.6) is 5.75 Å². The number of rotatable bonds is 6. The molecule has 154 valence electrons. The van der Waals surface area contributed by atoms with E-state index in [4.69, 9.17) is 9.47 Å². The van der Waals surface area contributed by atoms with Gasteiger partial charge in [0.2, 0.25) is 5.91 Å². The van der Waals surface area contributed by atoms with Crippen molar-refractivity contribution >= 4 is 17.5 Å². The molecule has 1 unspecified atom stereocenters. The summed E-state index contributed by atoms with van der Waals surface area (Å²) in [5, 5.41) is 2.71. The van der Waals surface area contributed by atoms with Crippen molar-refractivity contribution in [1.29, 1.82) is 0 Å². The number of anilines is 1. The quantitative estimate of drug-likeness (QED) is 0.803. The van der Waals surface area contributed by atoms with E-state index < -0.39 is 17.7 Å². The minimum Gasteiger partial charge on any atom is -0.480 e. The maximum atomic E-state index is 13.6. The second-order valence-corrected chi connectivity index (χ2v) is 6.79. The molecule has 1 aliphatic rings. The fourth-order valence-electron chi connectivity index (χ4n) is 3.23. The van der Waals surface area contributed by atoms with Crippen molar-refractivity contribution < 1.29 is 27.8 Å². The van der Waals surface area contributed by atoms with Gasteiger partial charge in [-0.1, -0.05) is 6.92 Å². The Bertz CT molecular complexity index is 899. The number of nitrogens with zero attached hydrogens (tertiary/aromatic N) is 1. The van der Waals surface area contributed by atoms with Crippen LogP contribution in [0.3, 0.4) is 0 Å². The predicted octanol–water partition coefficient (Wildman–Crippen LogP) is 3.25. The van der Waals surface area contributed by atoms with Crippen LogP contribution in [-0.4, -0.2) is 36.5 Å². The fraction of sp³-hybridized carbons (Fsp3) is 0.333. The molecular weight excluding hydrogens is 382 g/mol. The summed E-state index contributed by atoms with van der Waals surface area (Å²) in [7, 11) is 1.42. The van der Waals surface area contributed by atoms with E-state index >= 15 is 0 Å². The molecule has 3 rings (SSSR count). The van der Waals surface area contributed by atoms with Crippen molar-refractivity contribution in [3.8, 4) is 5.75 Å². The van der Waals surface area contributed by atoms with Gasteiger partial charge in [0.15, 0.2) is 6.10 Å². The van der Waals surface area contributed by atoms with E-state index in [2.05, 4.69) is 5.32 Å². The Hall–Kier alpha value is -3.00. The minimum absolute atomic E-state index is 0.0348. The number of nitrogens with one attached hydrogen (secondary N) is 1. The number of halogens is 2. The number of amides is 2. The average molecular weight is 404 g/mol.